The monoisotopic (exact) mass is 347 g/mol. The van der Waals surface area contributed by atoms with Crippen molar-refractivity contribution < 1.29 is 14.7 Å². The number of carboxylic acids is 1. The van der Waals surface area contributed by atoms with Gasteiger partial charge in [0.15, 0.2) is 0 Å². The summed E-state index contributed by atoms with van der Waals surface area (Å²) >= 11 is 3.30. The normalized spacial score (nSPS) is 10.2. The molecule has 2 rings (SSSR count). The zero-order chi connectivity index (χ0) is 15.6. The van der Waals surface area contributed by atoms with Crippen LogP contribution in [0.2, 0.25) is 0 Å². The summed E-state index contributed by atoms with van der Waals surface area (Å²) in [6.07, 6.45) is 0. The molecule has 0 aliphatic carbocycles. The molecule has 0 fully saturated rings. The smallest absolute Gasteiger partial charge is 0.337 e. The fourth-order valence-corrected chi connectivity index (χ4v) is 2.35. The van der Waals surface area contributed by atoms with Crippen molar-refractivity contribution >= 4 is 33.5 Å². The highest BCUT2D eigenvalue weighted by atomic mass is 79.9. The molecule has 0 atom stereocenters. The number of rotatable bonds is 3. The molecule has 21 heavy (non-hydrogen) atoms. The number of amides is 1. The van der Waals surface area contributed by atoms with Crippen LogP contribution in [0.5, 0.6) is 0 Å². The zero-order valence-electron chi connectivity index (χ0n) is 11.6. The maximum Gasteiger partial charge on any atom is 0.337 e. The third-order valence-corrected chi connectivity index (χ3v) is 3.58. The Morgan fingerprint density at radius 1 is 1.10 bits per heavy atom. The third kappa shape index (κ3) is 3.49. The van der Waals surface area contributed by atoms with Crippen molar-refractivity contribution in [2.24, 2.45) is 0 Å². The molecular formula is C16H14BrNO3. The van der Waals surface area contributed by atoms with Gasteiger partial charge in [-0.25, -0.2) is 4.79 Å². The molecule has 2 aromatic rings. The average molecular weight is 348 g/mol. The van der Waals surface area contributed by atoms with Crippen molar-refractivity contribution in [3.8, 4) is 0 Å². The van der Waals surface area contributed by atoms with E-state index in [1.54, 1.807) is 37.3 Å². The summed E-state index contributed by atoms with van der Waals surface area (Å²) in [4.78, 5) is 23.5. The minimum absolute atomic E-state index is 0.0953. The Bertz CT molecular complexity index is 708. The molecule has 1 amide bonds. The second-order valence-corrected chi connectivity index (χ2v) is 5.69. The molecule has 0 aliphatic rings. The fraction of sp³-hybridized carbons (Fsp3) is 0.125. The molecular weight excluding hydrogens is 334 g/mol. The minimum atomic E-state index is -1.06. The topological polar surface area (TPSA) is 66.4 Å². The zero-order valence-corrected chi connectivity index (χ0v) is 13.2. The predicted molar refractivity (Wildman–Crippen MR) is 85.0 cm³/mol. The maximum atomic E-state index is 12.2. The largest absolute Gasteiger partial charge is 0.478 e. The number of aryl methyl sites for hydroxylation is 2. The standard InChI is InChI=1S/C16H14BrNO3/c1-9-7-10(2)14(13(8-9)16(20)21)18-15(19)11-3-5-12(17)6-4-11/h3-8H,1-2H3,(H,18,19)(H,20,21). The number of carboxylic acid groups (broad SMARTS) is 1. The van der Waals surface area contributed by atoms with E-state index in [2.05, 4.69) is 21.2 Å². The number of nitrogens with one attached hydrogen (secondary N) is 1. The first-order chi connectivity index (χ1) is 9.88. The van der Waals surface area contributed by atoms with Gasteiger partial charge in [0.2, 0.25) is 0 Å². The van der Waals surface area contributed by atoms with Gasteiger partial charge in [-0.15, -0.1) is 0 Å². The molecule has 0 radical (unpaired) electrons. The molecule has 0 bridgehead atoms. The summed E-state index contributed by atoms with van der Waals surface area (Å²) < 4.78 is 0.872. The van der Waals surface area contributed by atoms with Crippen molar-refractivity contribution in [1.82, 2.24) is 0 Å². The second kappa shape index (κ2) is 6.10. The van der Waals surface area contributed by atoms with Crippen LogP contribution in [0.25, 0.3) is 0 Å². The summed E-state index contributed by atoms with van der Waals surface area (Å²) in [6.45, 7) is 3.59. The molecule has 2 N–H and O–H groups in total. The van der Waals surface area contributed by atoms with Crippen molar-refractivity contribution in [3.63, 3.8) is 0 Å². The van der Waals surface area contributed by atoms with Gasteiger partial charge in [0.1, 0.15) is 0 Å². The first-order valence-corrected chi connectivity index (χ1v) is 7.09. The highest BCUT2D eigenvalue weighted by Crippen LogP contribution is 2.24. The number of halogens is 1. The minimum Gasteiger partial charge on any atom is -0.478 e. The Morgan fingerprint density at radius 3 is 2.29 bits per heavy atom. The van der Waals surface area contributed by atoms with E-state index in [1.165, 1.54) is 0 Å². The van der Waals surface area contributed by atoms with Gasteiger partial charge in [-0.3, -0.25) is 4.79 Å². The summed E-state index contributed by atoms with van der Waals surface area (Å²) in [7, 11) is 0. The van der Waals surface area contributed by atoms with Crippen molar-refractivity contribution in [2.75, 3.05) is 5.32 Å². The van der Waals surface area contributed by atoms with E-state index in [0.29, 0.717) is 11.3 Å². The Labute approximate surface area is 130 Å². The van der Waals surface area contributed by atoms with E-state index in [9.17, 15) is 14.7 Å². The van der Waals surface area contributed by atoms with Crippen LogP contribution in [0.4, 0.5) is 5.69 Å². The van der Waals surface area contributed by atoms with Crippen LogP contribution in [0.3, 0.4) is 0 Å². The van der Waals surface area contributed by atoms with Gasteiger partial charge in [-0.2, -0.15) is 0 Å². The molecule has 0 aromatic heterocycles. The molecule has 0 heterocycles. The number of aromatic carboxylic acids is 1. The number of carbonyl (C=O) groups excluding carboxylic acids is 1. The Hall–Kier alpha value is -2.14. The Balaban J connectivity index is 2.37. The molecule has 2 aromatic carbocycles. The maximum absolute atomic E-state index is 12.2. The summed E-state index contributed by atoms with van der Waals surface area (Å²) in [6, 6.07) is 10.2. The Kier molecular flexibility index (Phi) is 4.43. The van der Waals surface area contributed by atoms with Gasteiger partial charge in [0.25, 0.3) is 5.91 Å². The molecule has 5 heteroatoms. The lowest BCUT2D eigenvalue weighted by atomic mass is 10.0. The van der Waals surface area contributed by atoms with Gasteiger partial charge >= 0.3 is 5.97 Å². The lowest BCUT2D eigenvalue weighted by molar-refractivity contribution is 0.0698. The number of hydrogen-bond acceptors (Lipinski definition) is 2. The van der Waals surface area contributed by atoms with Crippen molar-refractivity contribution in [3.05, 3.63) is 63.1 Å². The average Bonchev–Trinajstić information content (AvgIpc) is 2.41. The SMILES string of the molecule is Cc1cc(C)c(NC(=O)c2ccc(Br)cc2)c(C(=O)O)c1. The lowest BCUT2D eigenvalue weighted by Crippen LogP contribution is -2.16. The van der Waals surface area contributed by atoms with Gasteiger partial charge in [0.05, 0.1) is 11.3 Å². The van der Waals surface area contributed by atoms with Crippen molar-refractivity contribution in [2.45, 2.75) is 13.8 Å². The summed E-state index contributed by atoms with van der Waals surface area (Å²) in [5.74, 6) is -1.40. The molecule has 0 spiro atoms. The van der Waals surface area contributed by atoms with Crippen LogP contribution in [0.1, 0.15) is 31.8 Å². The van der Waals surface area contributed by atoms with Gasteiger partial charge in [0, 0.05) is 10.0 Å². The fourth-order valence-electron chi connectivity index (χ4n) is 2.09. The molecule has 0 aliphatic heterocycles. The second-order valence-electron chi connectivity index (χ2n) is 4.77. The molecule has 0 saturated carbocycles. The van der Waals surface area contributed by atoms with Crippen LogP contribution in [0, 0.1) is 13.8 Å². The van der Waals surface area contributed by atoms with Crippen LogP contribution >= 0.6 is 15.9 Å². The quantitative estimate of drug-likeness (QED) is 0.881. The van der Waals surface area contributed by atoms with Gasteiger partial charge in [-0.1, -0.05) is 22.0 Å². The first-order valence-electron chi connectivity index (χ1n) is 6.30. The number of anilines is 1. The van der Waals surface area contributed by atoms with E-state index >= 15 is 0 Å². The van der Waals surface area contributed by atoms with E-state index < -0.39 is 5.97 Å². The van der Waals surface area contributed by atoms with E-state index in [-0.39, 0.29) is 11.5 Å². The van der Waals surface area contributed by atoms with Crippen LogP contribution < -0.4 is 5.32 Å². The molecule has 0 saturated heterocycles. The lowest BCUT2D eigenvalue weighted by Gasteiger charge is -2.13. The summed E-state index contributed by atoms with van der Waals surface area (Å²) in [5, 5.41) is 12.0. The number of carbonyl (C=O) groups is 2. The van der Waals surface area contributed by atoms with Crippen LogP contribution in [-0.4, -0.2) is 17.0 Å². The van der Waals surface area contributed by atoms with Gasteiger partial charge in [-0.05, 0) is 55.3 Å². The van der Waals surface area contributed by atoms with Crippen LogP contribution in [0.15, 0.2) is 40.9 Å². The molecule has 4 nitrogen and oxygen atoms in total. The Morgan fingerprint density at radius 2 is 1.71 bits per heavy atom. The van der Waals surface area contributed by atoms with Gasteiger partial charge < -0.3 is 10.4 Å². The number of hydrogen-bond donors (Lipinski definition) is 2. The third-order valence-electron chi connectivity index (χ3n) is 3.06. The van der Waals surface area contributed by atoms with Crippen LogP contribution in [-0.2, 0) is 0 Å². The molecule has 108 valence electrons. The highest BCUT2D eigenvalue weighted by molar-refractivity contribution is 9.10. The first kappa shape index (κ1) is 15.3. The van der Waals surface area contributed by atoms with E-state index in [1.807, 2.05) is 13.0 Å². The van der Waals surface area contributed by atoms with Crippen molar-refractivity contribution in [1.29, 1.82) is 0 Å². The predicted octanol–water partition coefficient (Wildman–Crippen LogP) is 4.02. The highest BCUT2D eigenvalue weighted by Gasteiger charge is 2.16. The summed E-state index contributed by atoms with van der Waals surface area (Å²) in [5.41, 5.74) is 2.46. The number of benzene rings is 2. The molecule has 0 unspecified atom stereocenters. The van der Waals surface area contributed by atoms with E-state index in [0.717, 1.165) is 15.6 Å². The van der Waals surface area contributed by atoms with E-state index in [4.69, 9.17) is 0 Å².